The first-order chi connectivity index (χ1) is 6.74. The number of ketones is 1. The minimum Gasteiger partial charge on any atom is -0.302 e. The van der Waals surface area contributed by atoms with E-state index in [0.29, 0.717) is 5.78 Å². The third-order valence-electron chi connectivity index (χ3n) is 3.73. The molecule has 2 nitrogen and oxygen atoms in total. The summed E-state index contributed by atoms with van der Waals surface area (Å²) in [5, 5.41) is 0. The molecule has 0 aromatic heterocycles. The molecule has 1 aliphatic heterocycles. The molecule has 0 spiro atoms. The molecule has 2 rings (SSSR count). The topological polar surface area (TPSA) is 20.3 Å². The van der Waals surface area contributed by atoms with Crippen LogP contribution in [0.4, 0.5) is 0 Å². The van der Waals surface area contributed by atoms with Crippen molar-refractivity contribution in [3.05, 3.63) is 0 Å². The normalized spacial score (nSPS) is 35.1. The monoisotopic (exact) mass is 195 g/mol. The Morgan fingerprint density at radius 2 is 2.00 bits per heavy atom. The molecule has 14 heavy (non-hydrogen) atoms. The highest BCUT2D eigenvalue weighted by Gasteiger charge is 2.25. The molecule has 80 valence electrons. The van der Waals surface area contributed by atoms with Gasteiger partial charge in [-0.05, 0) is 24.7 Å². The van der Waals surface area contributed by atoms with E-state index in [1.54, 1.807) is 0 Å². The van der Waals surface area contributed by atoms with Crippen LogP contribution >= 0.6 is 0 Å². The third-order valence-corrected chi connectivity index (χ3v) is 3.73. The second kappa shape index (κ2) is 4.43. The molecule has 2 atom stereocenters. The number of likely N-dealkylation sites (tertiary alicyclic amines) is 1. The van der Waals surface area contributed by atoms with Gasteiger partial charge in [-0.3, -0.25) is 4.79 Å². The van der Waals surface area contributed by atoms with Crippen LogP contribution in [0.3, 0.4) is 0 Å². The lowest BCUT2D eigenvalue weighted by Crippen LogP contribution is -2.36. The number of hydrogen-bond donors (Lipinski definition) is 0. The molecular weight excluding hydrogens is 174 g/mol. The summed E-state index contributed by atoms with van der Waals surface area (Å²) < 4.78 is 0. The number of carbonyl (C=O) groups is 1. The van der Waals surface area contributed by atoms with E-state index in [9.17, 15) is 4.79 Å². The quantitative estimate of drug-likeness (QED) is 0.672. The van der Waals surface area contributed by atoms with Crippen LogP contribution in [-0.2, 0) is 4.79 Å². The minimum absolute atomic E-state index is 0.459. The molecule has 0 radical (unpaired) electrons. The maximum atomic E-state index is 11.1. The second-order valence-corrected chi connectivity index (χ2v) is 5.12. The number of Topliss-reactive ketones (excluding diaryl/α,β-unsaturated/α-hetero) is 1. The van der Waals surface area contributed by atoms with Gasteiger partial charge < -0.3 is 4.90 Å². The zero-order chi connectivity index (χ0) is 9.97. The van der Waals surface area contributed by atoms with Crippen molar-refractivity contribution in [1.82, 2.24) is 4.90 Å². The molecule has 0 bridgehead atoms. The molecular formula is C12H21NO. The van der Waals surface area contributed by atoms with Crippen LogP contribution in [-0.4, -0.2) is 30.3 Å². The first kappa shape index (κ1) is 10.2. The van der Waals surface area contributed by atoms with Crippen LogP contribution in [0.15, 0.2) is 0 Å². The van der Waals surface area contributed by atoms with Gasteiger partial charge in [-0.2, -0.15) is 0 Å². The minimum atomic E-state index is 0.459. The Labute approximate surface area is 86.7 Å². The highest BCUT2D eigenvalue weighted by Crippen LogP contribution is 2.31. The lowest BCUT2D eigenvalue weighted by atomic mass is 10.0. The van der Waals surface area contributed by atoms with Crippen molar-refractivity contribution in [3.8, 4) is 0 Å². The van der Waals surface area contributed by atoms with Gasteiger partial charge >= 0.3 is 0 Å². The fourth-order valence-corrected chi connectivity index (χ4v) is 2.84. The number of piperidine rings is 1. The molecule has 0 amide bonds. The summed E-state index contributed by atoms with van der Waals surface area (Å²) >= 11 is 0. The van der Waals surface area contributed by atoms with E-state index in [0.717, 1.165) is 37.8 Å². The molecule has 1 heterocycles. The summed E-state index contributed by atoms with van der Waals surface area (Å²) in [5.74, 6) is 2.31. The summed E-state index contributed by atoms with van der Waals surface area (Å²) in [6, 6.07) is 0. The molecule has 0 aromatic rings. The molecule has 1 saturated carbocycles. The first-order valence-corrected chi connectivity index (χ1v) is 5.98. The van der Waals surface area contributed by atoms with Gasteiger partial charge in [-0.15, -0.1) is 0 Å². The Kier molecular flexibility index (Phi) is 3.22. The van der Waals surface area contributed by atoms with E-state index < -0.39 is 0 Å². The Bertz CT molecular complexity index is 204. The summed E-state index contributed by atoms with van der Waals surface area (Å²) in [5.41, 5.74) is 0. The van der Waals surface area contributed by atoms with Crippen molar-refractivity contribution >= 4 is 5.78 Å². The Balaban J connectivity index is 1.72. The molecule has 2 fully saturated rings. The van der Waals surface area contributed by atoms with E-state index >= 15 is 0 Å². The van der Waals surface area contributed by atoms with Crippen LogP contribution in [0.1, 0.15) is 39.0 Å². The van der Waals surface area contributed by atoms with Crippen molar-refractivity contribution in [2.75, 3.05) is 19.6 Å². The lowest BCUT2D eigenvalue weighted by molar-refractivity contribution is -0.121. The van der Waals surface area contributed by atoms with Crippen molar-refractivity contribution < 1.29 is 4.79 Å². The van der Waals surface area contributed by atoms with Gasteiger partial charge in [-0.1, -0.05) is 13.3 Å². The van der Waals surface area contributed by atoms with Crippen molar-refractivity contribution in [3.63, 3.8) is 0 Å². The van der Waals surface area contributed by atoms with Gasteiger partial charge in [0.2, 0.25) is 0 Å². The van der Waals surface area contributed by atoms with Gasteiger partial charge in [0.1, 0.15) is 5.78 Å². The summed E-state index contributed by atoms with van der Waals surface area (Å²) in [4.78, 5) is 13.6. The standard InChI is InChI=1S/C12H21NO/c1-10-2-3-11(8-10)9-13-6-4-12(14)5-7-13/h10-11H,2-9H2,1H3. The summed E-state index contributed by atoms with van der Waals surface area (Å²) in [6.07, 6.45) is 5.82. The average Bonchev–Trinajstić information content (AvgIpc) is 2.56. The Morgan fingerprint density at radius 1 is 1.29 bits per heavy atom. The van der Waals surface area contributed by atoms with Crippen molar-refractivity contribution in [2.45, 2.75) is 39.0 Å². The van der Waals surface area contributed by atoms with Gasteiger partial charge in [0.25, 0.3) is 0 Å². The third kappa shape index (κ3) is 2.57. The van der Waals surface area contributed by atoms with Gasteiger partial charge in [-0.25, -0.2) is 0 Å². The largest absolute Gasteiger partial charge is 0.302 e. The molecule has 2 heteroatoms. The van der Waals surface area contributed by atoms with Gasteiger partial charge in [0, 0.05) is 32.5 Å². The highest BCUT2D eigenvalue weighted by atomic mass is 16.1. The molecule has 1 saturated heterocycles. The van der Waals surface area contributed by atoms with E-state index in [4.69, 9.17) is 0 Å². The second-order valence-electron chi connectivity index (χ2n) is 5.12. The number of hydrogen-bond acceptors (Lipinski definition) is 2. The maximum Gasteiger partial charge on any atom is 0.135 e. The maximum absolute atomic E-state index is 11.1. The number of carbonyl (C=O) groups excluding carboxylic acids is 1. The lowest BCUT2D eigenvalue weighted by Gasteiger charge is -2.28. The Hall–Kier alpha value is -0.370. The average molecular weight is 195 g/mol. The fraction of sp³-hybridized carbons (Fsp3) is 0.917. The number of rotatable bonds is 2. The van der Waals surface area contributed by atoms with Gasteiger partial charge in [0.15, 0.2) is 0 Å². The van der Waals surface area contributed by atoms with Crippen molar-refractivity contribution in [1.29, 1.82) is 0 Å². The molecule has 0 N–H and O–H groups in total. The van der Waals surface area contributed by atoms with Crippen LogP contribution in [0.25, 0.3) is 0 Å². The molecule has 1 aliphatic carbocycles. The van der Waals surface area contributed by atoms with E-state index in [1.807, 2.05) is 0 Å². The smallest absolute Gasteiger partial charge is 0.135 e. The zero-order valence-corrected chi connectivity index (χ0v) is 9.17. The van der Waals surface area contributed by atoms with Crippen molar-refractivity contribution in [2.24, 2.45) is 11.8 Å². The van der Waals surface area contributed by atoms with E-state index in [1.165, 1.54) is 25.8 Å². The predicted octanol–water partition coefficient (Wildman–Crippen LogP) is 2.09. The first-order valence-electron chi connectivity index (χ1n) is 5.98. The zero-order valence-electron chi connectivity index (χ0n) is 9.17. The summed E-state index contributed by atoms with van der Waals surface area (Å²) in [6.45, 7) is 5.64. The Morgan fingerprint density at radius 3 is 2.57 bits per heavy atom. The summed E-state index contributed by atoms with van der Waals surface area (Å²) in [7, 11) is 0. The SMILES string of the molecule is CC1CCC(CN2CCC(=O)CC2)C1. The molecule has 2 unspecified atom stereocenters. The van der Waals surface area contributed by atoms with E-state index in [2.05, 4.69) is 11.8 Å². The van der Waals surface area contributed by atoms with Gasteiger partial charge in [0.05, 0.1) is 0 Å². The fourth-order valence-electron chi connectivity index (χ4n) is 2.84. The van der Waals surface area contributed by atoms with Crippen LogP contribution in [0.2, 0.25) is 0 Å². The van der Waals surface area contributed by atoms with Crippen LogP contribution in [0, 0.1) is 11.8 Å². The number of nitrogens with zero attached hydrogens (tertiary/aromatic N) is 1. The molecule has 2 aliphatic rings. The van der Waals surface area contributed by atoms with Crippen LogP contribution in [0.5, 0.6) is 0 Å². The van der Waals surface area contributed by atoms with E-state index in [-0.39, 0.29) is 0 Å². The predicted molar refractivity (Wildman–Crippen MR) is 57.2 cm³/mol. The van der Waals surface area contributed by atoms with Crippen LogP contribution < -0.4 is 0 Å². The molecule has 0 aromatic carbocycles. The highest BCUT2D eigenvalue weighted by molar-refractivity contribution is 5.79.